The van der Waals surface area contributed by atoms with Gasteiger partial charge in [0.05, 0.1) is 17.6 Å². The first-order chi connectivity index (χ1) is 8.58. The lowest BCUT2D eigenvalue weighted by Crippen LogP contribution is -2.30. The summed E-state index contributed by atoms with van der Waals surface area (Å²) < 4.78 is 5.49. The molecule has 1 fully saturated rings. The Kier molecular flexibility index (Phi) is 3.83. The molecule has 0 saturated carbocycles. The Morgan fingerprint density at radius 1 is 1.61 bits per heavy atom. The Balaban J connectivity index is 2.11. The largest absolute Gasteiger partial charge is 0.481 e. The number of thioether (sulfide) groups is 1. The third-order valence-corrected chi connectivity index (χ3v) is 3.62. The fourth-order valence-electron chi connectivity index (χ4n) is 1.40. The van der Waals surface area contributed by atoms with Crippen molar-refractivity contribution in [1.82, 2.24) is 4.90 Å². The number of furan rings is 1. The summed E-state index contributed by atoms with van der Waals surface area (Å²) in [6, 6.07) is 3.45. The van der Waals surface area contributed by atoms with Crippen molar-refractivity contribution in [3.63, 3.8) is 0 Å². The average Bonchev–Trinajstić information content (AvgIpc) is 2.88. The van der Waals surface area contributed by atoms with Crippen molar-refractivity contribution in [3.8, 4) is 0 Å². The zero-order valence-electron chi connectivity index (χ0n) is 9.16. The third kappa shape index (κ3) is 2.80. The van der Waals surface area contributed by atoms with Crippen molar-refractivity contribution in [2.45, 2.75) is 6.42 Å². The van der Waals surface area contributed by atoms with Gasteiger partial charge in [-0.3, -0.25) is 14.5 Å². The van der Waals surface area contributed by atoms with E-state index in [1.54, 1.807) is 18.2 Å². The summed E-state index contributed by atoms with van der Waals surface area (Å²) in [6.07, 6.45) is 2.98. The van der Waals surface area contributed by atoms with Gasteiger partial charge in [-0.1, -0.05) is 24.0 Å². The zero-order chi connectivity index (χ0) is 13.1. The van der Waals surface area contributed by atoms with Crippen LogP contribution in [0.4, 0.5) is 0 Å². The monoisotopic (exact) mass is 283 g/mol. The van der Waals surface area contributed by atoms with Crippen LogP contribution >= 0.6 is 24.0 Å². The van der Waals surface area contributed by atoms with Gasteiger partial charge in [0.25, 0.3) is 5.91 Å². The molecule has 0 aliphatic carbocycles. The molecule has 5 nitrogen and oxygen atoms in total. The van der Waals surface area contributed by atoms with Crippen LogP contribution in [0.2, 0.25) is 0 Å². The van der Waals surface area contributed by atoms with Crippen LogP contribution in [0, 0.1) is 0 Å². The molecule has 0 atom stereocenters. The molecule has 0 bridgehead atoms. The summed E-state index contributed by atoms with van der Waals surface area (Å²) in [5, 5.41) is 8.60. The van der Waals surface area contributed by atoms with Gasteiger partial charge >= 0.3 is 5.97 Å². The normalized spacial score (nSPS) is 17.8. The van der Waals surface area contributed by atoms with Gasteiger partial charge in [-0.05, 0) is 12.1 Å². The van der Waals surface area contributed by atoms with Crippen molar-refractivity contribution in [2.75, 3.05) is 6.54 Å². The van der Waals surface area contributed by atoms with E-state index in [9.17, 15) is 9.59 Å². The fraction of sp³-hybridized carbons (Fsp3) is 0.182. The topological polar surface area (TPSA) is 70.8 Å². The first-order valence-electron chi connectivity index (χ1n) is 5.08. The second kappa shape index (κ2) is 5.36. The first kappa shape index (κ1) is 12.8. The van der Waals surface area contributed by atoms with Crippen LogP contribution in [0.1, 0.15) is 12.2 Å². The fourth-order valence-corrected chi connectivity index (χ4v) is 2.69. The molecule has 1 aromatic heterocycles. The molecule has 94 valence electrons. The molecule has 1 saturated heterocycles. The quantitative estimate of drug-likeness (QED) is 0.673. The zero-order valence-corrected chi connectivity index (χ0v) is 10.8. The number of carboxylic acid groups (broad SMARTS) is 1. The van der Waals surface area contributed by atoms with Gasteiger partial charge < -0.3 is 9.52 Å². The minimum Gasteiger partial charge on any atom is -0.481 e. The Morgan fingerprint density at radius 2 is 2.39 bits per heavy atom. The van der Waals surface area contributed by atoms with E-state index in [2.05, 4.69) is 0 Å². The minimum absolute atomic E-state index is 0.0928. The predicted octanol–water partition coefficient (Wildman–Crippen LogP) is 1.96. The molecular weight excluding hydrogens is 274 g/mol. The second-order valence-corrected chi connectivity index (χ2v) is 5.17. The molecule has 0 spiro atoms. The van der Waals surface area contributed by atoms with E-state index in [0.29, 0.717) is 15.0 Å². The van der Waals surface area contributed by atoms with Crippen molar-refractivity contribution in [2.24, 2.45) is 0 Å². The standard InChI is InChI=1S/C11H9NO4S2/c13-9(14)3-4-12-10(15)8(18-11(12)17)6-7-2-1-5-16-7/h1-2,5-6H,3-4H2,(H,13,14)/b8-6+. The van der Waals surface area contributed by atoms with E-state index in [1.807, 2.05) is 0 Å². The highest BCUT2D eigenvalue weighted by atomic mass is 32.2. The lowest BCUT2D eigenvalue weighted by molar-refractivity contribution is -0.137. The van der Waals surface area contributed by atoms with Gasteiger partial charge in [0.15, 0.2) is 0 Å². The molecule has 1 amide bonds. The van der Waals surface area contributed by atoms with Gasteiger partial charge in [-0.25, -0.2) is 0 Å². The summed E-state index contributed by atoms with van der Waals surface area (Å²) >= 11 is 6.19. The second-order valence-electron chi connectivity index (χ2n) is 3.49. The molecule has 1 aromatic rings. The number of nitrogens with zero attached hydrogens (tertiary/aromatic N) is 1. The molecule has 0 radical (unpaired) electrons. The van der Waals surface area contributed by atoms with Gasteiger partial charge in [0, 0.05) is 12.6 Å². The highest BCUT2D eigenvalue weighted by Gasteiger charge is 2.32. The number of rotatable bonds is 4. The maximum absolute atomic E-state index is 12.0. The Hall–Kier alpha value is -1.60. The van der Waals surface area contributed by atoms with Crippen molar-refractivity contribution in [3.05, 3.63) is 29.1 Å². The van der Waals surface area contributed by atoms with E-state index >= 15 is 0 Å². The summed E-state index contributed by atoms with van der Waals surface area (Å²) in [5.74, 6) is -0.671. The van der Waals surface area contributed by atoms with Crippen molar-refractivity contribution >= 4 is 46.3 Å². The minimum atomic E-state index is -0.959. The molecule has 0 aromatic carbocycles. The summed E-state index contributed by atoms with van der Waals surface area (Å²) in [6.45, 7) is 0.0928. The van der Waals surface area contributed by atoms with Crippen LogP contribution in [0.3, 0.4) is 0 Å². The Bertz CT molecular complexity index is 521. The van der Waals surface area contributed by atoms with E-state index in [0.717, 1.165) is 11.8 Å². The smallest absolute Gasteiger partial charge is 0.305 e. The van der Waals surface area contributed by atoms with E-state index in [4.69, 9.17) is 21.7 Å². The Morgan fingerprint density at radius 3 is 3.00 bits per heavy atom. The number of amides is 1. The summed E-state index contributed by atoms with van der Waals surface area (Å²) in [4.78, 5) is 24.2. The molecule has 2 rings (SSSR count). The van der Waals surface area contributed by atoms with E-state index in [1.165, 1.54) is 11.2 Å². The van der Waals surface area contributed by atoms with Crippen molar-refractivity contribution in [1.29, 1.82) is 0 Å². The summed E-state index contributed by atoms with van der Waals surface area (Å²) in [7, 11) is 0. The molecule has 7 heteroatoms. The summed E-state index contributed by atoms with van der Waals surface area (Å²) in [5.41, 5.74) is 0. The van der Waals surface area contributed by atoms with E-state index in [-0.39, 0.29) is 18.9 Å². The number of carboxylic acids is 1. The van der Waals surface area contributed by atoms with Crippen LogP contribution in [0.5, 0.6) is 0 Å². The molecule has 2 heterocycles. The molecule has 1 N–H and O–H groups in total. The van der Waals surface area contributed by atoms with Crippen LogP contribution in [-0.4, -0.2) is 32.7 Å². The predicted molar refractivity (Wildman–Crippen MR) is 70.8 cm³/mol. The van der Waals surface area contributed by atoms with Gasteiger partial charge in [0.1, 0.15) is 10.1 Å². The maximum atomic E-state index is 12.0. The number of hydrogen-bond donors (Lipinski definition) is 1. The molecule has 1 aliphatic heterocycles. The van der Waals surface area contributed by atoms with Gasteiger partial charge in [0.2, 0.25) is 0 Å². The molecular formula is C11H9NO4S2. The number of aliphatic carboxylic acids is 1. The lowest BCUT2D eigenvalue weighted by Gasteiger charge is -2.12. The average molecular weight is 283 g/mol. The van der Waals surface area contributed by atoms with Crippen LogP contribution in [-0.2, 0) is 9.59 Å². The lowest BCUT2D eigenvalue weighted by atomic mass is 10.3. The molecule has 0 unspecified atom stereocenters. The first-order valence-corrected chi connectivity index (χ1v) is 6.31. The van der Waals surface area contributed by atoms with Gasteiger partial charge in [-0.2, -0.15) is 0 Å². The van der Waals surface area contributed by atoms with Crippen LogP contribution in [0.25, 0.3) is 6.08 Å². The van der Waals surface area contributed by atoms with Crippen molar-refractivity contribution < 1.29 is 19.1 Å². The van der Waals surface area contributed by atoms with Gasteiger partial charge in [-0.15, -0.1) is 0 Å². The number of thiocarbonyl (C=S) groups is 1. The van der Waals surface area contributed by atoms with Crippen LogP contribution < -0.4 is 0 Å². The molecule has 1 aliphatic rings. The number of carbonyl (C=O) groups is 2. The number of carbonyl (C=O) groups excluding carboxylic acids is 1. The molecule has 18 heavy (non-hydrogen) atoms. The van der Waals surface area contributed by atoms with Crippen LogP contribution in [0.15, 0.2) is 27.7 Å². The maximum Gasteiger partial charge on any atom is 0.305 e. The highest BCUT2D eigenvalue weighted by molar-refractivity contribution is 8.26. The number of hydrogen-bond acceptors (Lipinski definition) is 5. The highest BCUT2D eigenvalue weighted by Crippen LogP contribution is 2.32. The third-order valence-electron chi connectivity index (χ3n) is 2.24. The SMILES string of the molecule is O=C(O)CCN1C(=O)/C(=C\c2ccco2)SC1=S. The Labute approximate surface area is 112 Å². The van der Waals surface area contributed by atoms with E-state index < -0.39 is 5.97 Å².